The quantitative estimate of drug-likeness (QED) is 0.412. The first-order chi connectivity index (χ1) is 4.88. The van der Waals surface area contributed by atoms with E-state index in [4.69, 9.17) is 19.8 Å². The Morgan fingerprint density at radius 1 is 1.00 bits per heavy atom. The van der Waals surface area contributed by atoms with Gasteiger partial charge in [-0.05, 0) is 13.8 Å². The number of carbonyl (C=O) groups is 2. The minimum absolute atomic E-state index is 0.972. The summed E-state index contributed by atoms with van der Waals surface area (Å²) in [7, 11) is 1.08. The molecule has 0 aliphatic rings. The summed E-state index contributed by atoms with van der Waals surface area (Å²) in [4.78, 5) is 17.8. The molecule has 0 amide bonds. The van der Waals surface area contributed by atoms with Crippen molar-refractivity contribution < 1.29 is 19.8 Å². The number of carboxylic acids is 2. The molecular weight excluding hydrogens is 164 g/mol. The van der Waals surface area contributed by atoms with Gasteiger partial charge in [0.05, 0.1) is 0 Å². The topological polar surface area (TPSA) is 80.3 Å². The maximum Gasteiger partial charge on any atom is 0.895 e. The zero-order valence-electron chi connectivity index (χ0n) is 7.13. The van der Waals surface area contributed by atoms with Gasteiger partial charge in [-0.25, -0.2) is 0 Å². The van der Waals surface area contributed by atoms with E-state index in [1.165, 1.54) is 0 Å². The zero-order chi connectivity index (χ0) is 9.86. The van der Waals surface area contributed by atoms with Gasteiger partial charge in [0, 0.05) is 11.9 Å². The summed E-state index contributed by atoms with van der Waals surface area (Å²) in [5.41, 5.74) is 0. The van der Waals surface area contributed by atoms with Gasteiger partial charge in [0.25, 0.3) is 0 Å². The molecule has 0 saturated carbocycles. The van der Waals surface area contributed by atoms with Crippen molar-refractivity contribution in [2.45, 2.75) is 26.9 Å². The van der Waals surface area contributed by atoms with Gasteiger partial charge >= 0.3 is 9.52 Å². The fourth-order valence-corrected chi connectivity index (χ4v) is 0. The van der Waals surface area contributed by atoms with Crippen LogP contribution in [0.15, 0.2) is 0 Å². The maximum atomic E-state index is 8.89. The third-order valence-corrected chi connectivity index (χ3v) is 0. The summed E-state index contributed by atoms with van der Waals surface area (Å²) in [6, 6.07) is 0. The van der Waals surface area contributed by atoms with Crippen molar-refractivity contribution in [3.05, 3.63) is 0 Å². The number of carbonyl (C=O) groups excluding carboxylic acids is 2. The number of aliphatic carboxylic acids is 2. The third kappa shape index (κ3) is 660. The molecule has 5 heteroatoms. The van der Waals surface area contributed by atoms with E-state index >= 15 is 0 Å². The molecule has 0 aromatic heterocycles. The predicted molar refractivity (Wildman–Crippen MR) is 38.8 cm³/mol. The second kappa shape index (κ2) is 16.1. The Bertz CT molecular complexity index is 82.8. The Kier molecular flexibility index (Phi) is 24.3. The third-order valence-electron chi connectivity index (χ3n) is 0. The molecule has 11 heavy (non-hydrogen) atoms. The lowest BCUT2D eigenvalue weighted by molar-refractivity contribution is -0.303. The lowest BCUT2D eigenvalue weighted by Gasteiger charge is -1.77. The summed E-state index contributed by atoms with van der Waals surface area (Å²) in [5, 5.41) is 17.8. The standard InChI is InChI=1S/2C2H4O2.C2H6Si/c2*1-2(3)4;1-3-2/h2*1H3,(H,3,4);1-2H3/q;;+2/p-2. The summed E-state index contributed by atoms with van der Waals surface area (Å²) in [6.45, 7) is 6.25. The Balaban J connectivity index is -0.0000000886. The molecule has 0 fully saturated rings. The van der Waals surface area contributed by atoms with E-state index in [-0.39, 0.29) is 0 Å². The van der Waals surface area contributed by atoms with Crippen molar-refractivity contribution in [1.29, 1.82) is 0 Å². The number of hydrogen-bond donors (Lipinski definition) is 0. The van der Waals surface area contributed by atoms with Gasteiger partial charge in [-0.1, -0.05) is 0 Å². The molecule has 0 radical (unpaired) electrons. The van der Waals surface area contributed by atoms with Crippen molar-refractivity contribution in [3.8, 4) is 0 Å². The molecule has 0 aliphatic heterocycles. The molecule has 0 aliphatic carbocycles. The van der Waals surface area contributed by atoms with Crippen LogP contribution < -0.4 is 10.2 Å². The SMILES string of the molecule is CC(=O)[O-].CC(=O)[O-].C[Si+2]C. The van der Waals surface area contributed by atoms with E-state index in [2.05, 4.69) is 13.1 Å². The largest absolute Gasteiger partial charge is 0.895 e. The molecule has 0 atom stereocenters. The van der Waals surface area contributed by atoms with E-state index < -0.39 is 11.9 Å². The average molecular weight is 176 g/mol. The van der Waals surface area contributed by atoms with Crippen LogP contribution >= 0.6 is 0 Å². The molecule has 0 unspecified atom stereocenters. The van der Waals surface area contributed by atoms with Gasteiger partial charge in [0.15, 0.2) is 0 Å². The molecule has 0 aromatic rings. The minimum atomic E-state index is -1.08. The molecular formula is C6H12O4Si. The first-order valence-electron chi connectivity index (χ1n) is 2.82. The lowest BCUT2D eigenvalue weighted by atomic mass is 10.9. The van der Waals surface area contributed by atoms with Crippen molar-refractivity contribution in [3.63, 3.8) is 0 Å². The summed E-state index contributed by atoms with van der Waals surface area (Å²) in [6.07, 6.45) is 0. The van der Waals surface area contributed by atoms with Crippen LogP contribution in [0.5, 0.6) is 0 Å². The molecule has 0 heterocycles. The van der Waals surface area contributed by atoms with Crippen LogP contribution in [0.1, 0.15) is 13.8 Å². The van der Waals surface area contributed by atoms with Gasteiger partial charge < -0.3 is 19.8 Å². The number of carboxylic acid groups (broad SMARTS) is 2. The highest BCUT2D eigenvalue weighted by Crippen LogP contribution is 1.36. The Morgan fingerprint density at radius 3 is 1.00 bits per heavy atom. The van der Waals surface area contributed by atoms with Crippen molar-refractivity contribution in [1.82, 2.24) is 0 Å². The zero-order valence-corrected chi connectivity index (χ0v) is 8.13. The first-order valence-corrected chi connectivity index (χ1v) is 4.82. The first kappa shape index (κ1) is 16.6. The second-order valence-electron chi connectivity index (χ2n) is 1.48. The van der Waals surface area contributed by atoms with E-state index in [0.717, 1.165) is 23.4 Å². The molecule has 0 bridgehead atoms. The van der Waals surface area contributed by atoms with Crippen LogP contribution in [0.4, 0.5) is 0 Å². The highest BCUT2D eigenvalue weighted by atomic mass is 28.2. The lowest BCUT2D eigenvalue weighted by Crippen LogP contribution is -2.16. The van der Waals surface area contributed by atoms with Gasteiger partial charge in [-0.15, -0.1) is 0 Å². The van der Waals surface area contributed by atoms with E-state index in [1.807, 2.05) is 0 Å². The highest BCUT2D eigenvalue weighted by molar-refractivity contribution is 6.31. The molecule has 0 aromatic carbocycles. The number of rotatable bonds is 0. The van der Waals surface area contributed by atoms with Crippen LogP contribution in [0, 0.1) is 0 Å². The Hall–Kier alpha value is -0.843. The number of hydrogen-bond acceptors (Lipinski definition) is 4. The second-order valence-corrected chi connectivity index (χ2v) is 2.48. The van der Waals surface area contributed by atoms with Gasteiger partial charge in [0.1, 0.15) is 0 Å². The fraction of sp³-hybridized carbons (Fsp3) is 0.667. The summed E-state index contributed by atoms with van der Waals surface area (Å²) >= 11 is 0. The Labute approximate surface area is 69.1 Å². The van der Waals surface area contributed by atoms with Crippen molar-refractivity contribution >= 4 is 21.5 Å². The molecule has 0 rings (SSSR count). The molecule has 0 N–H and O–H groups in total. The molecule has 64 valence electrons. The van der Waals surface area contributed by atoms with Gasteiger partial charge in [0.2, 0.25) is 13.1 Å². The van der Waals surface area contributed by atoms with Crippen molar-refractivity contribution in [2.24, 2.45) is 0 Å². The van der Waals surface area contributed by atoms with Gasteiger partial charge in [-0.3, -0.25) is 0 Å². The van der Waals surface area contributed by atoms with Gasteiger partial charge in [-0.2, -0.15) is 0 Å². The average Bonchev–Trinajstić information content (AvgIpc) is 1.60. The van der Waals surface area contributed by atoms with Crippen LogP contribution in [0.2, 0.25) is 13.1 Å². The summed E-state index contributed by atoms with van der Waals surface area (Å²) < 4.78 is 0. The van der Waals surface area contributed by atoms with Crippen LogP contribution in [-0.2, 0) is 9.59 Å². The normalized spacial score (nSPS) is 5.45. The van der Waals surface area contributed by atoms with E-state index in [0.29, 0.717) is 0 Å². The van der Waals surface area contributed by atoms with Crippen LogP contribution in [-0.4, -0.2) is 21.5 Å². The Morgan fingerprint density at radius 2 is 1.00 bits per heavy atom. The highest BCUT2D eigenvalue weighted by Gasteiger charge is 2.02. The van der Waals surface area contributed by atoms with Crippen LogP contribution in [0.3, 0.4) is 0 Å². The molecule has 4 nitrogen and oxygen atoms in total. The maximum absolute atomic E-state index is 8.89. The smallest absolute Gasteiger partial charge is 0.550 e. The minimum Gasteiger partial charge on any atom is -0.550 e. The molecule has 0 saturated heterocycles. The monoisotopic (exact) mass is 176 g/mol. The predicted octanol–water partition coefficient (Wildman–Crippen LogP) is -1.70. The van der Waals surface area contributed by atoms with Crippen LogP contribution in [0.25, 0.3) is 0 Å². The summed E-state index contributed by atoms with van der Waals surface area (Å²) in [5.74, 6) is -2.17. The van der Waals surface area contributed by atoms with Crippen molar-refractivity contribution in [2.75, 3.05) is 0 Å². The molecule has 0 spiro atoms. The van der Waals surface area contributed by atoms with E-state index in [1.54, 1.807) is 0 Å². The van der Waals surface area contributed by atoms with E-state index in [9.17, 15) is 0 Å². The fourth-order valence-electron chi connectivity index (χ4n) is 0.